The van der Waals surface area contributed by atoms with Crippen LogP contribution in [-0.4, -0.2) is 54.4 Å². The summed E-state index contributed by atoms with van der Waals surface area (Å²) >= 11 is 0. The van der Waals surface area contributed by atoms with E-state index in [1.165, 1.54) is 0 Å². The van der Waals surface area contributed by atoms with Gasteiger partial charge in [0.25, 0.3) is 5.91 Å². The molecular weight excluding hydrogens is 258 g/mol. The molecule has 0 atom stereocenters. The third-order valence-electron chi connectivity index (χ3n) is 3.15. The van der Waals surface area contributed by atoms with E-state index in [4.69, 9.17) is 4.74 Å². The van der Waals surface area contributed by atoms with Crippen molar-refractivity contribution in [1.82, 2.24) is 10.3 Å². The number of morpholine rings is 1. The average molecular weight is 279 g/mol. The Morgan fingerprint density at radius 2 is 2.15 bits per heavy atom. The first kappa shape index (κ1) is 14.7. The Morgan fingerprint density at radius 1 is 1.45 bits per heavy atom. The normalized spacial score (nSPS) is 16.1. The van der Waals surface area contributed by atoms with Crippen molar-refractivity contribution in [1.29, 1.82) is 0 Å². The van der Waals surface area contributed by atoms with Crippen LogP contribution in [0.1, 0.15) is 24.3 Å². The topological polar surface area (TPSA) is 74.7 Å². The van der Waals surface area contributed by atoms with Gasteiger partial charge >= 0.3 is 0 Å². The molecular formula is C14H21N3O3. The van der Waals surface area contributed by atoms with Gasteiger partial charge in [-0.2, -0.15) is 0 Å². The first-order chi connectivity index (χ1) is 9.52. The van der Waals surface area contributed by atoms with Crippen molar-refractivity contribution in [3.63, 3.8) is 0 Å². The number of carbonyl (C=O) groups excluding carboxylic acids is 1. The molecule has 0 radical (unpaired) electrons. The zero-order valence-corrected chi connectivity index (χ0v) is 11.9. The van der Waals surface area contributed by atoms with Crippen LogP contribution in [0.4, 0.5) is 5.82 Å². The highest BCUT2D eigenvalue weighted by molar-refractivity contribution is 5.93. The molecule has 6 nitrogen and oxygen atoms in total. The Hall–Kier alpha value is -1.66. The molecule has 110 valence electrons. The summed E-state index contributed by atoms with van der Waals surface area (Å²) in [7, 11) is 0. The molecule has 2 N–H and O–H groups in total. The van der Waals surface area contributed by atoms with Crippen LogP contribution in [-0.2, 0) is 4.74 Å². The number of nitrogens with zero attached hydrogens (tertiary/aromatic N) is 2. The van der Waals surface area contributed by atoms with E-state index in [9.17, 15) is 9.90 Å². The maximum atomic E-state index is 12.1. The van der Waals surface area contributed by atoms with E-state index >= 15 is 0 Å². The van der Waals surface area contributed by atoms with Gasteiger partial charge in [0.05, 0.1) is 25.4 Å². The van der Waals surface area contributed by atoms with Crippen LogP contribution >= 0.6 is 0 Å². The van der Waals surface area contributed by atoms with E-state index in [-0.39, 0.29) is 12.5 Å². The molecule has 1 fully saturated rings. The molecule has 0 aromatic carbocycles. The zero-order valence-electron chi connectivity index (χ0n) is 11.9. The number of ether oxygens (including phenoxy) is 1. The van der Waals surface area contributed by atoms with Gasteiger partial charge in [-0.25, -0.2) is 4.98 Å². The summed E-state index contributed by atoms with van der Waals surface area (Å²) < 4.78 is 5.30. The summed E-state index contributed by atoms with van der Waals surface area (Å²) in [6.07, 6.45) is 0. The average Bonchev–Trinajstić information content (AvgIpc) is 2.48. The van der Waals surface area contributed by atoms with E-state index in [0.717, 1.165) is 18.9 Å². The monoisotopic (exact) mass is 279 g/mol. The molecule has 0 aliphatic carbocycles. The van der Waals surface area contributed by atoms with E-state index < -0.39 is 5.54 Å². The van der Waals surface area contributed by atoms with Crippen LogP contribution < -0.4 is 10.2 Å². The largest absolute Gasteiger partial charge is 0.394 e. The van der Waals surface area contributed by atoms with Crippen molar-refractivity contribution in [3.8, 4) is 0 Å². The number of aliphatic hydroxyl groups excluding tert-OH is 1. The van der Waals surface area contributed by atoms with Gasteiger partial charge in [0.1, 0.15) is 11.5 Å². The number of nitrogens with one attached hydrogen (secondary N) is 1. The summed E-state index contributed by atoms with van der Waals surface area (Å²) in [5.74, 6) is 0.502. The van der Waals surface area contributed by atoms with Gasteiger partial charge in [-0.05, 0) is 26.0 Å². The quantitative estimate of drug-likeness (QED) is 0.835. The van der Waals surface area contributed by atoms with Crippen LogP contribution in [0.25, 0.3) is 0 Å². The molecule has 1 aliphatic rings. The third-order valence-corrected chi connectivity index (χ3v) is 3.15. The molecule has 0 unspecified atom stereocenters. The van der Waals surface area contributed by atoms with Gasteiger partial charge in [0.2, 0.25) is 0 Å². The Bertz CT molecular complexity index is 470. The maximum Gasteiger partial charge on any atom is 0.270 e. The van der Waals surface area contributed by atoms with Crippen molar-refractivity contribution in [2.24, 2.45) is 0 Å². The lowest BCUT2D eigenvalue weighted by Crippen LogP contribution is -2.46. The number of aromatic nitrogens is 1. The van der Waals surface area contributed by atoms with Crippen molar-refractivity contribution in [2.45, 2.75) is 19.4 Å². The fourth-order valence-corrected chi connectivity index (χ4v) is 1.93. The van der Waals surface area contributed by atoms with E-state index in [0.29, 0.717) is 18.9 Å². The van der Waals surface area contributed by atoms with Gasteiger partial charge in [-0.3, -0.25) is 4.79 Å². The fraction of sp³-hybridized carbons (Fsp3) is 0.571. The first-order valence-corrected chi connectivity index (χ1v) is 6.75. The third kappa shape index (κ3) is 3.68. The number of pyridine rings is 1. The van der Waals surface area contributed by atoms with Gasteiger partial charge in [0, 0.05) is 13.1 Å². The van der Waals surface area contributed by atoms with Crippen LogP contribution in [0.15, 0.2) is 18.2 Å². The SMILES string of the molecule is CC(C)(CO)NC(=O)c1cccc(N2CCOCC2)n1. The number of hydrogen-bond donors (Lipinski definition) is 2. The second-order valence-corrected chi connectivity index (χ2v) is 5.48. The molecule has 0 saturated carbocycles. The lowest BCUT2D eigenvalue weighted by atomic mass is 10.1. The number of rotatable bonds is 4. The van der Waals surface area contributed by atoms with Crippen molar-refractivity contribution in [3.05, 3.63) is 23.9 Å². The van der Waals surface area contributed by atoms with Crippen molar-refractivity contribution >= 4 is 11.7 Å². The van der Waals surface area contributed by atoms with Crippen molar-refractivity contribution < 1.29 is 14.6 Å². The highest BCUT2D eigenvalue weighted by Gasteiger charge is 2.21. The molecule has 20 heavy (non-hydrogen) atoms. The fourth-order valence-electron chi connectivity index (χ4n) is 1.93. The summed E-state index contributed by atoms with van der Waals surface area (Å²) in [6, 6.07) is 5.38. The molecule has 1 aliphatic heterocycles. The Morgan fingerprint density at radius 3 is 2.80 bits per heavy atom. The summed E-state index contributed by atoms with van der Waals surface area (Å²) in [6.45, 7) is 6.31. The minimum absolute atomic E-state index is 0.123. The van der Waals surface area contributed by atoms with Gasteiger partial charge in [-0.1, -0.05) is 6.07 Å². The number of amides is 1. The van der Waals surface area contributed by atoms with E-state index in [2.05, 4.69) is 15.2 Å². The molecule has 1 aromatic heterocycles. The second kappa shape index (κ2) is 6.19. The number of carbonyl (C=O) groups is 1. The van der Waals surface area contributed by atoms with Crippen LogP contribution in [0.3, 0.4) is 0 Å². The minimum atomic E-state index is -0.659. The molecule has 2 heterocycles. The van der Waals surface area contributed by atoms with Gasteiger partial charge in [0.15, 0.2) is 0 Å². The zero-order chi connectivity index (χ0) is 14.6. The van der Waals surface area contributed by atoms with E-state index in [1.807, 2.05) is 12.1 Å². The minimum Gasteiger partial charge on any atom is -0.394 e. The van der Waals surface area contributed by atoms with Gasteiger partial charge < -0.3 is 20.1 Å². The lowest BCUT2D eigenvalue weighted by Gasteiger charge is -2.28. The second-order valence-electron chi connectivity index (χ2n) is 5.48. The summed E-state index contributed by atoms with van der Waals surface area (Å²) in [5, 5.41) is 11.9. The summed E-state index contributed by atoms with van der Waals surface area (Å²) in [4.78, 5) is 18.6. The van der Waals surface area contributed by atoms with Gasteiger partial charge in [-0.15, -0.1) is 0 Å². The van der Waals surface area contributed by atoms with Crippen LogP contribution in [0, 0.1) is 0 Å². The first-order valence-electron chi connectivity index (χ1n) is 6.75. The highest BCUT2D eigenvalue weighted by atomic mass is 16.5. The predicted octanol–water partition coefficient (Wildman–Crippen LogP) is 0.419. The molecule has 1 saturated heterocycles. The molecule has 2 rings (SSSR count). The molecule has 0 spiro atoms. The standard InChI is InChI=1S/C14H21N3O3/c1-14(2,10-18)16-13(19)11-4-3-5-12(15-11)17-6-8-20-9-7-17/h3-5,18H,6-10H2,1-2H3,(H,16,19). The molecule has 1 aromatic rings. The lowest BCUT2D eigenvalue weighted by molar-refractivity contribution is 0.0864. The Kier molecular flexibility index (Phi) is 4.57. The number of anilines is 1. The predicted molar refractivity (Wildman–Crippen MR) is 75.9 cm³/mol. The Balaban J connectivity index is 2.10. The van der Waals surface area contributed by atoms with Crippen LogP contribution in [0.5, 0.6) is 0 Å². The number of hydrogen-bond acceptors (Lipinski definition) is 5. The van der Waals surface area contributed by atoms with Crippen LogP contribution in [0.2, 0.25) is 0 Å². The molecule has 6 heteroatoms. The molecule has 1 amide bonds. The maximum absolute atomic E-state index is 12.1. The van der Waals surface area contributed by atoms with Crippen molar-refractivity contribution in [2.75, 3.05) is 37.8 Å². The Labute approximate surface area is 118 Å². The number of aliphatic hydroxyl groups is 1. The van der Waals surface area contributed by atoms with E-state index in [1.54, 1.807) is 19.9 Å². The summed E-state index contributed by atoms with van der Waals surface area (Å²) in [5.41, 5.74) is -0.302. The highest BCUT2D eigenvalue weighted by Crippen LogP contribution is 2.13. The smallest absolute Gasteiger partial charge is 0.270 e. The molecule has 0 bridgehead atoms.